The van der Waals surface area contributed by atoms with Gasteiger partial charge in [-0.05, 0) is 75.2 Å². The van der Waals surface area contributed by atoms with Gasteiger partial charge in [-0.2, -0.15) is 0 Å². The number of hydrogen-bond acceptors (Lipinski definition) is 10. The molecule has 8 atom stereocenters. The Morgan fingerprint density at radius 1 is 1.04 bits per heavy atom. The van der Waals surface area contributed by atoms with E-state index in [9.17, 15) is 24.0 Å². The van der Waals surface area contributed by atoms with Gasteiger partial charge in [0, 0.05) is 52.4 Å². The maximum atomic E-state index is 14.1. The molecule has 0 unspecified atom stereocenters. The number of nitrogens with zero attached hydrogens (tertiary/aromatic N) is 2. The second kappa shape index (κ2) is 22.7. The predicted octanol–water partition coefficient (Wildman–Crippen LogP) is 2.92. The first kappa shape index (κ1) is 45.6. The molecule has 2 aliphatic rings. The number of carbonyl (C=O) groups excluding carboxylic acids is 5. The van der Waals surface area contributed by atoms with Crippen molar-refractivity contribution in [1.82, 2.24) is 25.8 Å². The third kappa shape index (κ3) is 12.6. The van der Waals surface area contributed by atoms with Crippen molar-refractivity contribution in [2.24, 2.45) is 17.8 Å². The third-order valence-electron chi connectivity index (χ3n) is 11.6. The molecule has 14 nitrogen and oxygen atoms in total. The fraction of sp³-hybridized carbons (Fsp3) is 0.732. The number of amides is 4. The highest BCUT2D eigenvalue weighted by Crippen LogP contribution is 2.30. The number of nitrogens with one attached hydrogen (secondary N) is 4. The van der Waals surface area contributed by atoms with Crippen molar-refractivity contribution in [2.75, 3.05) is 66.9 Å². The van der Waals surface area contributed by atoms with Crippen LogP contribution < -0.4 is 21.3 Å². The third-order valence-corrected chi connectivity index (χ3v) is 11.6. The molecule has 2 heterocycles. The molecule has 2 aliphatic heterocycles. The lowest BCUT2D eigenvalue weighted by atomic mass is 9.90. The first-order valence-corrected chi connectivity index (χ1v) is 20.1. The molecule has 0 aromatic heterocycles. The number of likely N-dealkylation sites (N-methyl/N-ethyl adjacent to an activating group) is 1. The number of benzene rings is 1. The van der Waals surface area contributed by atoms with Gasteiger partial charge in [0.05, 0.1) is 50.3 Å². The minimum absolute atomic E-state index is 0.00610. The van der Waals surface area contributed by atoms with Crippen molar-refractivity contribution < 1.29 is 38.2 Å². The highest BCUT2D eigenvalue weighted by Gasteiger charge is 2.42. The molecule has 0 aliphatic carbocycles. The summed E-state index contributed by atoms with van der Waals surface area (Å²) >= 11 is 0. The SMILES string of the molecule is CC[C@H](C)[C@@H]([C@@H](CC(=O)N1CCC[C@H]1[C@H](OC)[C@@H](C)C(=O)N[C@@H](Cc1ccc2c(c1)CCCN2)C(=O)OC)OC)N(C)C(=O)CNC(=O)[C@H](C)CCCNC. The molecule has 310 valence electrons. The standard InChI is InChI=1S/C41H68N6O8/c1-10-26(2)37(46(6)36(49)25-44-39(50)27(3)14-11-19-42-5)34(53-7)24-35(48)47-21-13-16-33(47)38(54-8)28(4)40(51)45-32(41(52)55-9)23-29-17-18-31-30(22-29)15-12-20-43-31/h17-18,22,26-28,32-34,37-38,42-43H,10-16,19-21,23-25H2,1-9H3,(H,44,50)(H,45,51)/t26-,27+,28+,32-,33-,34+,37-,38+/m0/s1. The number of fused-ring (bicyclic) bond motifs is 1. The van der Waals surface area contributed by atoms with Gasteiger partial charge in [0.25, 0.3) is 0 Å². The molecule has 1 aromatic carbocycles. The van der Waals surface area contributed by atoms with Gasteiger partial charge in [-0.25, -0.2) is 4.79 Å². The van der Waals surface area contributed by atoms with Crippen LogP contribution in [0.5, 0.6) is 0 Å². The molecule has 55 heavy (non-hydrogen) atoms. The Labute approximate surface area is 328 Å². The average Bonchev–Trinajstić information content (AvgIpc) is 3.68. The Balaban J connectivity index is 1.69. The van der Waals surface area contributed by atoms with Gasteiger partial charge >= 0.3 is 5.97 Å². The lowest BCUT2D eigenvalue weighted by Crippen LogP contribution is -2.55. The largest absolute Gasteiger partial charge is 0.467 e. The molecule has 1 saturated heterocycles. The summed E-state index contributed by atoms with van der Waals surface area (Å²) < 4.78 is 17.0. The molecule has 4 N–H and O–H groups in total. The summed E-state index contributed by atoms with van der Waals surface area (Å²) in [6.45, 7) is 9.76. The van der Waals surface area contributed by atoms with Crippen LogP contribution in [0.3, 0.4) is 0 Å². The average molecular weight is 773 g/mol. The van der Waals surface area contributed by atoms with Crippen LogP contribution in [0.25, 0.3) is 0 Å². The van der Waals surface area contributed by atoms with Crippen LogP contribution in [0.15, 0.2) is 18.2 Å². The number of hydrogen-bond donors (Lipinski definition) is 4. The smallest absolute Gasteiger partial charge is 0.328 e. The van der Waals surface area contributed by atoms with E-state index in [1.165, 1.54) is 19.8 Å². The molecule has 14 heteroatoms. The van der Waals surface area contributed by atoms with Crippen molar-refractivity contribution in [3.63, 3.8) is 0 Å². The number of ether oxygens (including phenoxy) is 3. The molecular formula is C41H68N6O8. The van der Waals surface area contributed by atoms with Gasteiger partial charge in [0.15, 0.2) is 0 Å². The minimum Gasteiger partial charge on any atom is -0.467 e. The maximum Gasteiger partial charge on any atom is 0.328 e. The predicted molar refractivity (Wildman–Crippen MR) is 212 cm³/mol. The monoisotopic (exact) mass is 773 g/mol. The van der Waals surface area contributed by atoms with Crippen LogP contribution in [-0.4, -0.2) is 131 Å². The Kier molecular flexibility index (Phi) is 18.8. The van der Waals surface area contributed by atoms with E-state index in [0.29, 0.717) is 19.4 Å². The van der Waals surface area contributed by atoms with Gasteiger partial charge in [0.2, 0.25) is 23.6 Å². The van der Waals surface area contributed by atoms with Gasteiger partial charge < -0.3 is 45.3 Å². The number of carbonyl (C=O) groups is 5. The number of likely N-dealkylation sites (tertiary alicyclic amines) is 1. The van der Waals surface area contributed by atoms with Crippen LogP contribution >= 0.6 is 0 Å². The quantitative estimate of drug-likeness (QED) is 0.102. The van der Waals surface area contributed by atoms with E-state index in [-0.39, 0.29) is 60.9 Å². The molecular weight excluding hydrogens is 704 g/mol. The van der Waals surface area contributed by atoms with Crippen LogP contribution in [0.2, 0.25) is 0 Å². The molecule has 0 spiro atoms. The van der Waals surface area contributed by atoms with Gasteiger partial charge in [-0.15, -0.1) is 0 Å². The van der Waals surface area contributed by atoms with Crippen molar-refractivity contribution in [1.29, 1.82) is 0 Å². The van der Waals surface area contributed by atoms with Crippen molar-refractivity contribution in [3.05, 3.63) is 29.3 Å². The molecule has 0 radical (unpaired) electrons. The zero-order valence-corrected chi connectivity index (χ0v) is 34.7. The second-order valence-electron chi connectivity index (χ2n) is 15.3. The number of aryl methyl sites for hydroxylation is 1. The summed E-state index contributed by atoms with van der Waals surface area (Å²) in [4.78, 5) is 70.3. The molecule has 1 fully saturated rings. The maximum absolute atomic E-state index is 14.1. The zero-order chi connectivity index (χ0) is 40.7. The Hall–Kier alpha value is -3.75. The molecule has 1 aromatic rings. The van der Waals surface area contributed by atoms with E-state index in [0.717, 1.165) is 56.4 Å². The van der Waals surface area contributed by atoms with E-state index in [1.54, 1.807) is 30.9 Å². The normalized spacial score (nSPS) is 19.1. The minimum atomic E-state index is -0.895. The summed E-state index contributed by atoms with van der Waals surface area (Å²) in [5.41, 5.74) is 3.20. The number of methoxy groups -OCH3 is 3. The van der Waals surface area contributed by atoms with Crippen LogP contribution in [0.4, 0.5) is 5.69 Å². The Bertz CT molecular complexity index is 1430. The van der Waals surface area contributed by atoms with E-state index < -0.39 is 36.2 Å². The van der Waals surface area contributed by atoms with Crippen molar-refractivity contribution >= 4 is 35.3 Å². The Morgan fingerprint density at radius 3 is 2.44 bits per heavy atom. The summed E-state index contributed by atoms with van der Waals surface area (Å²) in [5, 5.41) is 12.2. The highest BCUT2D eigenvalue weighted by atomic mass is 16.5. The highest BCUT2D eigenvalue weighted by molar-refractivity contribution is 5.87. The first-order chi connectivity index (χ1) is 26.3. The van der Waals surface area contributed by atoms with Gasteiger partial charge in [-0.1, -0.05) is 46.2 Å². The summed E-state index contributed by atoms with van der Waals surface area (Å²) in [5.74, 6) is -2.41. The molecule has 0 saturated carbocycles. The van der Waals surface area contributed by atoms with Crippen molar-refractivity contribution in [3.8, 4) is 0 Å². The van der Waals surface area contributed by atoms with E-state index in [1.807, 2.05) is 40.0 Å². The van der Waals surface area contributed by atoms with Crippen molar-refractivity contribution in [2.45, 2.75) is 116 Å². The number of esters is 1. The fourth-order valence-corrected chi connectivity index (χ4v) is 8.03. The van der Waals surface area contributed by atoms with E-state index in [2.05, 4.69) is 27.3 Å². The lowest BCUT2D eigenvalue weighted by Gasteiger charge is -2.39. The number of anilines is 1. The summed E-state index contributed by atoms with van der Waals surface area (Å²) in [7, 11) is 7.96. The molecule has 3 rings (SSSR count). The van der Waals surface area contributed by atoms with E-state index in [4.69, 9.17) is 14.2 Å². The summed E-state index contributed by atoms with van der Waals surface area (Å²) in [6.07, 6.45) is 4.72. The molecule has 0 bridgehead atoms. The lowest BCUT2D eigenvalue weighted by molar-refractivity contribution is -0.148. The first-order valence-electron chi connectivity index (χ1n) is 20.1. The second-order valence-corrected chi connectivity index (χ2v) is 15.3. The van der Waals surface area contributed by atoms with Crippen LogP contribution in [0, 0.1) is 17.8 Å². The number of rotatable bonds is 22. The Morgan fingerprint density at radius 2 is 1.78 bits per heavy atom. The van der Waals surface area contributed by atoms with E-state index >= 15 is 0 Å². The fourth-order valence-electron chi connectivity index (χ4n) is 8.03. The van der Waals surface area contributed by atoms with Crippen LogP contribution in [0.1, 0.15) is 83.8 Å². The zero-order valence-electron chi connectivity index (χ0n) is 34.7. The van der Waals surface area contributed by atoms with Gasteiger partial charge in [0.1, 0.15) is 6.04 Å². The van der Waals surface area contributed by atoms with Gasteiger partial charge in [-0.3, -0.25) is 19.2 Å². The van der Waals surface area contributed by atoms with Crippen LogP contribution in [-0.2, 0) is 51.0 Å². The molecule has 4 amide bonds. The summed E-state index contributed by atoms with van der Waals surface area (Å²) in [6, 6.07) is 4.34. The topological polar surface area (TPSA) is 168 Å².